The van der Waals surface area contributed by atoms with E-state index in [9.17, 15) is 0 Å². The maximum atomic E-state index is 5.90. The molecule has 0 aliphatic carbocycles. The first kappa shape index (κ1) is 13.1. The van der Waals surface area contributed by atoms with E-state index in [2.05, 4.69) is 25.9 Å². The Labute approximate surface area is 119 Å². The van der Waals surface area contributed by atoms with Crippen LogP contribution in [0.2, 0.25) is 0 Å². The first-order chi connectivity index (χ1) is 9.85. The molecule has 0 saturated carbocycles. The van der Waals surface area contributed by atoms with Crippen LogP contribution < -0.4 is 5.32 Å². The van der Waals surface area contributed by atoms with Crippen LogP contribution in [0.5, 0.6) is 0 Å². The van der Waals surface area contributed by atoms with Crippen molar-refractivity contribution in [2.45, 2.75) is 25.5 Å². The average Bonchev–Trinajstić information content (AvgIpc) is 3.01. The van der Waals surface area contributed by atoms with Crippen LogP contribution in [0.25, 0.3) is 0 Å². The number of imidazole rings is 1. The number of hydrogen-bond donors (Lipinski definition) is 1. The van der Waals surface area contributed by atoms with Crippen molar-refractivity contribution < 1.29 is 4.74 Å². The Kier molecular flexibility index (Phi) is 3.97. The van der Waals surface area contributed by atoms with Gasteiger partial charge in [-0.2, -0.15) is 0 Å². The zero-order chi connectivity index (χ0) is 13.8. The van der Waals surface area contributed by atoms with Gasteiger partial charge in [0, 0.05) is 38.8 Å². The summed E-state index contributed by atoms with van der Waals surface area (Å²) in [4.78, 5) is 8.47. The SMILES string of the molecule is CNc1ccc(C2CC(Cn3ccnc3)CCO2)cn1. The van der Waals surface area contributed by atoms with Crippen molar-refractivity contribution in [3.63, 3.8) is 0 Å². The quantitative estimate of drug-likeness (QED) is 0.929. The van der Waals surface area contributed by atoms with Gasteiger partial charge >= 0.3 is 0 Å². The van der Waals surface area contributed by atoms with E-state index in [1.165, 1.54) is 5.56 Å². The first-order valence-corrected chi connectivity index (χ1v) is 7.06. The molecule has 5 heteroatoms. The minimum absolute atomic E-state index is 0.163. The highest BCUT2D eigenvalue weighted by Gasteiger charge is 2.24. The Morgan fingerprint density at radius 3 is 3.10 bits per heavy atom. The summed E-state index contributed by atoms with van der Waals surface area (Å²) in [6.45, 7) is 1.83. The van der Waals surface area contributed by atoms with Crippen molar-refractivity contribution in [1.29, 1.82) is 0 Å². The van der Waals surface area contributed by atoms with Crippen LogP contribution in [0.15, 0.2) is 37.1 Å². The van der Waals surface area contributed by atoms with Crippen LogP contribution >= 0.6 is 0 Å². The molecule has 1 aliphatic heterocycles. The molecule has 1 saturated heterocycles. The van der Waals surface area contributed by atoms with Crippen molar-refractivity contribution >= 4 is 5.82 Å². The average molecular weight is 272 g/mol. The van der Waals surface area contributed by atoms with Crippen LogP contribution in [0.1, 0.15) is 24.5 Å². The molecule has 3 rings (SSSR count). The van der Waals surface area contributed by atoms with E-state index < -0.39 is 0 Å². The van der Waals surface area contributed by atoms with E-state index in [1.54, 1.807) is 0 Å². The second-order valence-electron chi connectivity index (χ2n) is 5.24. The third-order valence-electron chi connectivity index (χ3n) is 3.84. The van der Waals surface area contributed by atoms with Crippen LogP contribution in [-0.2, 0) is 11.3 Å². The van der Waals surface area contributed by atoms with Crippen molar-refractivity contribution in [2.75, 3.05) is 19.0 Å². The summed E-state index contributed by atoms with van der Waals surface area (Å²) in [5.41, 5.74) is 1.17. The monoisotopic (exact) mass is 272 g/mol. The lowest BCUT2D eigenvalue weighted by atomic mass is 9.92. The minimum Gasteiger partial charge on any atom is -0.373 e. The van der Waals surface area contributed by atoms with Crippen LogP contribution in [-0.4, -0.2) is 28.2 Å². The summed E-state index contributed by atoms with van der Waals surface area (Å²) in [5, 5.41) is 3.03. The van der Waals surface area contributed by atoms with Crippen molar-refractivity contribution in [1.82, 2.24) is 14.5 Å². The molecule has 0 aromatic carbocycles. The van der Waals surface area contributed by atoms with Crippen molar-refractivity contribution in [3.8, 4) is 0 Å². The first-order valence-electron chi connectivity index (χ1n) is 7.06. The second-order valence-corrected chi connectivity index (χ2v) is 5.24. The van der Waals surface area contributed by atoms with Gasteiger partial charge in [0.15, 0.2) is 0 Å². The summed E-state index contributed by atoms with van der Waals surface area (Å²) in [6, 6.07) is 4.10. The molecule has 0 amide bonds. The number of pyridine rings is 1. The van der Waals surface area contributed by atoms with Crippen molar-refractivity contribution in [3.05, 3.63) is 42.6 Å². The molecule has 20 heavy (non-hydrogen) atoms. The fourth-order valence-electron chi connectivity index (χ4n) is 2.70. The second kappa shape index (κ2) is 6.05. The van der Waals surface area contributed by atoms with Crippen LogP contribution in [0.3, 0.4) is 0 Å². The summed E-state index contributed by atoms with van der Waals surface area (Å²) >= 11 is 0. The topological polar surface area (TPSA) is 52.0 Å². The van der Waals surface area contributed by atoms with E-state index in [4.69, 9.17) is 4.74 Å². The third kappa shape index (κ3) is 2.99. The highest BCUT2D eigenvalue weighted by Crippen LogP contribution is 2.32. The van der Waals surface area contributed by atoms with Crippen LogP contribution in [0, 0.1) is 5.92 Å². The van der Waals surface area contributed by atoms with Gasteiger partial charge in [-0.15, -0.1) is 0 Å². The lowest BCUT2D eigenvalue weighted by Crippen LogP contribution is -2.23. The third-order valence-corrected chi connectivity index (χ3v) is 3.84. The fraction of sp³-hybridized carbons (Fsp3) is 0.467. The number of hydrogen-bond acceptors (Lipinski definition) is 4. The number of nitrogens with one attached hydrogen (secondary N) is 1. The fourth-order valence-corrected chi connectivity index (χ4v) is 2.70. The minimum atomic E-state index is 0.163. The zero-order valence-corrected chi connectivity index (χ0v) is 11.7. The number of aromatic nitrogens is 3. The molecular formula is C15H20N4O. The van der Waals surface area contributed by atoms with Gasteiger partial charge < -0.3 is 14.6 Å². The Morgan fingerprint density at radius 2 is 2.40 bits per heavy atom. The molecule has 2 unspecified atom stereocenters. The molecule has 1 aliphatic rings. The van der Waals surface area contributed by atoms with E-state index in [-0.39, 0.29) is 6.10 Å². The maximum Gasteiger partial charge on any atom is 0.125 e. The molecule has 5 nitrogen and oxygen atoms in total. The van der Waals surface area contributed by atoms with E-state index in [0.29, 0.717) is 5.92 Å². The van der Waals surface area contributed by atoms with Gasteiger partial charge in [-0.05, 0) is 30.4 Å². The zero-order valence-electron chi connectivity index (χ0n) is 11.7. The van der Waals surface area contributed by atoms with E-state index in [0.717, 1.165) is 31.8 Å². The van der Waals surface area contributed by atoms with Crippen LogP contribution in [0.4, 0.5) is 5.82 Å². The predicted molar refractivity (Wildman–Crippen MR) is 77.4 cm³/mol. The van der Waals surface area contributed by atoms with Gasteiger partial charge in [0.1, 0.15) is 5.82 Å². The van der Waals surface area contributed by atoms with Gasteiger partial charge in [-0.1, -0.05) is 6.07 Å². The lowest BCUT2D eigenvalue weighted by molar-refractivity contribution is -0.0140. The van der Waals surface area contributed by atoms with E-state index >= 15 is 0 Å². The molecule has 1 N–H and O–H groups in total. The Hall–Kier alpha value is -1.88. The molecule has 2 atom stereocenters. The molecule has 2 aromatic rings. The molecule has 0 spiro atoms. The summed E-state index contributed by atoms with van der Waals surface area (Å²) in [7, 11) is 1.88. The molecular weight excluding hydrogens is 252 g/mol. The van der Waals surface area contributed by atoms with Gasteiger partial charge in [0.2, 0.25) is 0 Å². The molecule has 0 radical (unpaired) electrons. The molecule has 3 heterocycles. The smallest absolute Gasteiger partial charge is 0.125 e. The molecule has 2 aromatic heterocycles. The number of rotatable bonds is 4. The van der Waals surface area contributed by atoms with E-state index in [1.807, 2.05) is 38.0 Å². The number of anilines is 1. The molecule has 0 bridgehead atoms. The summed E-state index contributed by atoms with van der Waals surface area (Å²) in [5.74, 6) is 1.52. The van der Waals surface area contributed by atoms with Gasteiger partial charge in [0.25, 0.3) is 0 Å². The number of nitrogens with zero attached hydrogens (tertiary/aromatic N) is 3. The van der Waals surface area contributed by atoms with Gasteiger partial charge in [-0.25, -0.2) is 9.97 Å². The highest BCUT2D eigenvalue weighted by atomic mass is 16.5. The standard InChI is InChI=1S/C15H20N4O/c1-16-15-3-2-13(9-18-15)14-8-12(4-7-20-14)10-19-6-5-17-11-19/h2-3,5-6,9,11-12,14H,4,7-8,10H2,1H3,(H,16,18). The maximum absolute atomic E-state index is 5.90. The van der Waals surface area contributed by atoms with Gasteiger partial charge in [0.05, 0.1) is 12.4 Å². The van der Waals surface area contributed by atoms with Crippen molar-refractivity contribution in [2.24, 2.45) is 5.92 Å². The predicted octanol–water partition coefficient (Wildman–Crippen LogP) is 2.49. The number of ether oxygens (including phenoxy) is 1. The Balaban J connectivity index is 1.64. The Bertz CT molecular complexity index is 523. The molecule has 1 fully saturated rings. The summed E-state index contributed by atoms with van der Waals surface area (Å²) < 4.78 is 8.05. The lowest BCUT2D eigenvalue weighted by Gasteiger charge is -2.30. The largest absolute Gasteiger partial charge is 0.373 e. The normalized spacial score (nSPS) is 22.6. The summed E-state index contributed by atoms with van der Waals surface area (Å²) in [6.07, 6.45) is 9.96. The van der Waals surface area contributed by atoms with Gasteiger partial charge in [-0.3, -0.25) is 0 Å². The Morgan fingerprint density at radius 1 is 1.45 bits per heavy atom. The molecule has 106 valence electrons. The highest BCUT2D eigenvalue weighted by molar-refractivity contribution is 5.35.